The molecule has 12 heavy (non-hydrogen) atoms. The molecule has 0 bridgehead atoms. The van der Waals surface area contributed by atoms with Crippen LogP contribution in [0.25, 0.3) is 0 Å². The van der Waals surface area contributed by atoms with Gasteiger partial charge in [-0.3, -0.25) is 0 Å². The van der Waals surface area contributed by atoms with Gasteiger partial charge in [-0.2, -0.15) is 0 Å². The Morgan fingerprint density at radius 3 is 2.92 bits per heavy atom. The summed E-state index contributed by atoms with van der Waals surface area (Å²) in [5.74, 6) is 0. The molecule has 1 saturated heterocycles. The van der Waals surface area contributed by atoms with Crippen LogP contribution < -0.4 is 10.6 Å². The normalized spacial score (nSPS) is 37.5. The van der Waals surface area contributed by atoms with Crippen molar-refractivity contribution in [3.63, 3.8) is 0 Å². The van der Waals surface area contributed by atoms with Gasteiger partial charge in [0.15, 0.2) is 0 Å². The molecule has 2 fully saturated rings. The maximum atomic E-state index is 10.3. The van der Waals surface area contributed by atoms with Crippen LogP contribution in [0.15, 0.2) is 0 Å². The van der Waals surface area contributed by atoms with Gasteiger partial charge >= 0.3 is 6.09 Å². The summed E-state index contributed by atoms with van der Waals surface area (Å²) < 4.78 is 0. The van der Waals surface area contributed by atoms with E-state index in [1.165, 1.54) is 0 Å². The van der Waals surface area contributed by atoms with Gasteiger partial charge in [-0.15, -0.1) is 12.4 Å². The molecular weight excluding hydrogens is 180 g/mol. The van der Waals surface area contributed by atoms with Gasteiger partial charge in [-0.25, -0.2) is 4.79 Å². The highest BCUT2D eigenvalue weighted by Gasteiger charge is 2.56. The van der Waals surface area contributed by atoms with Crippen molar-refractivity contribution in [2.45, 2.75) is 18.9 Å². The number of hydrogen-bond donors (Lipinski definition) is 3. The fourth-order valence-electron chi connectivity index (χ4n) is 1.94. The fraction of sp³-hybridized carbons (Fsp3) is 0.857. The maximum absolute atomic E-state index is 10.3. The van der Waals surface area contributed by atoms with Crippen molar-refractivity contribution in [2.24, 2.45) is 5.41 Å². The lowest BCUT2D eigenvalue weighted by molar-refractivity contribution is 0.192. The van der Waals surface area contributed by atoms with Crippen LogP contribution in [0.1, 0.15) is 12.8 Å². The van der Waals surface area contributed by atoms with Gasteiger partial charge in [0.2, 0.25) is 0 Å². The molecule has 0 aromatic heterocycles. The summed E-state index contributed by atoms with van der Waals surface area (Å²) in [7, 11) is 0. The van der Waals surface area contributed by atoms with E-state index in [2.05, 4.69) is 10.6 Å². The first kappa shape index (κ1) is 9.61. The lowest BCUT2D eigenvalue weighted by Crippen LogP contribution is -2.28. The van der Waals surface area contributed by atoms with Gasteiger partial charge in [0.05, 0.1) is 0 Å². The molecule has 1 spiro atoms. The van der Waals surface area contributed by atoms with Crippen molar-refractivity contribution in [1.82, 2.24) is 10.6 Å². The van der Waals surface area contributed by atoms with Gasteiger partial charge in [0, 0.05) is 18.0 Å². The van der Waals surface area contributed by atoms with Crippen LogP contribution in [0, 0.1) is 5.41 Å². The number of rotatable bonds is 1. The molecule has 1 heterocycles. The monoisotopic (exact) mass is 192 g/mol. The van der Waals surface area contributed by atoms with E-state index in [0.717, 1.165) is 25.9 Å². The average Bonchev–Trinajstić information content (AvgIpc) is 2.43. The Labute approximate surface area is 77.1 Å². The van der Waals surface area contributed by atoms with Gasteiger partial charge in [-0.05, 0) is 19.4 Å². The van der Waals surface area contributed by atoms with E-state index in [1.807, 2.05) is 0 Å². The van der Waals surface area contributed by atoms with Crippen LogP contribution in [0.2, 0.25) is 0 Å². The third kappa shape index (κ3) is 1.49. The van der Waals surface area contributed by atoms with Crippen molar-refractivity contribution in [3.8, 4) is 0 Å². The minimum atomic E-state index is -0.890. The summed E-state index contributed by atoms with van der Waals surface area (Å²) in [6.45, 7) is 2.02. The molecule has 2 rings (SSSR count). The number of carbonyl (C=O) groups is 1. The molecule has 2 atom stereocenters. The highest BCUT2D eigenvalue weighted by atomic mass is 35.5. The lowest BCUT2D eigenvalue weighted by atomic mass is 10.1. The van der Waals surface area contributed by atoms with Crippen LogP contribution in [-0.4, -0.2) is 30.3 Å². The minimum Gasteiger partial charge on any atom is -0.465 e. The van der Waals surface area contributed by atoms with E-state index in [9.17, 15) is 4.79 Å². The minimum absolute atomic E-state index is 0. The third-order valence-corrected chi connectivity index (χ3v) is 2.76. The highest BCUT2D eigenvalue weighted by molar-refractivity contribution is 5.85. The van der Waals surface area contributed by atoms with Crippen molar-refractivity contribution in [1.29, 1.82) is 0 Å². The fourth-order valence-corrected chi connectivity index (χ4v) is 1.94. The second-order valence-electron chi connectivity index (χ2n) is 3.50. The summed E-state index contributed by atoms with van der Waals surface area (Å²) >= 11 is 0. The quantitative estimate of drug-likeness (QED) is 0.565. The molecule has 1 saturated carbocycles. The van der Waals surface area contributed by atoms with Crippen molar-refractivity contribution in [2.75, 3.05) is 13.1 Å². The van der Waals surface area contributed by atoms with Crippen molar-refractivity contribution < 1.29 is 9.90 Å². The summed E-state index contributed by atoms with van der Waals surface area (Å²) in [5.41, 5.74) is 0.290. The Bertz CT molecular complexity index is 192. The summed E-state index contributed by atoms with van der Waals surface area (Å²) in [6, 6.07) is 0.218. The molecule has 0 aromatic rings. The Hall–Kier alpha value is -0.480. The van der Waals surface area contributed by atoms with Crippen LogP contribution in [-0.2, 0) is 0 Å². The SMILES string of the molecule is Cl.O=C(O)NC1CC12CCNC2. The number of halogens is 1. The van der Waals surface area contributed by atoms with E-state index in [-0.39, 0.29) is 18.4 Å². The van der Waals surface area contributed by atoms with Crippen LogP contribution in [0.5, 0.6) is 0 Å². The van der Waals surface area contributed by atoms with Crippen molar-refractivity contribution in [3.05, 3.63) is 0 Å². The van der Waals surface area contributed by atoms with Crippen LogP contribution >= 0.6 is 12.4 Å². The molecule has 5 heteroatoms. The molecule has 70 valence electrons. The van der Waals surface area contributed by atoms with E-state index in [0.29, 0.717) is 5.41 Å². The first-order chi connectivity index (χ1) is 5.23. The number of hydrogen-bond acceptors (Lipinski definition) is 2. The molecule has 1 amide bonds. The molecule has 4 nitrogen and oxygen atoms in total. The van der Waals surface area contributed by atoms with E-state index in [1.54, 1.807) is 0 Å². The molecule has 0 aromatic carbocycles. The largest absolute Gasteiger partial charge is 0.465 e. The summed E-state index contributed by atoms with van der Waals surface area (Å²) in [4.78, 5) is 10.3. The summed E-state index contributed by atoms with van der Waals surface area (Å²) in [6.07, 6.45) is 1.25. The van der Waals surface area contributed by atoms with E-state index >= 15 is 0 Å². The second-order valence-corrected chi connectivity index (χ2v) is 3.50. The first-order valence-electron chi connectivity index (χ1n) is 3.93. The molecule has 2 aliphatic rings. The van der Waals surface area contributed by atoms with Gasteiger partial charge in [0.25, 0.3) is 0 Å². The zero-order valence-corrected chi connectivity index (χ0v) is 7.49. The smallest absolute Gasteiger partial charge is 0.404 e. The second kappa shape index (κ2) is 3.11. The Balaban J connectivity index is 0.000000720. The Morgan fingerprint density at radius 1 is 1.67 bits per heavy atom. The zero-order chi connectivity index (χ0) is 7.90. The predicted molar refractivity (Wildman–Crippen MR) is 46.7 cm³/mol. The van der Waals surface area contributed by atoms with Gasteiger partial charge in [-0.1, -0.05) is 0 Å². The predicted octanol–water partition coefficient (Wildman–Crippen LogP) is 0.428. The number of carboxylic acid groups (broad SMARTS) is 1. The van der Waals surface area contributed by atoms with Gasteiger partial charge < -0.3 is 15.7 Å². The van der Waals surface area contributed by atoms with E-state index in [4.69, 9.17) is 5.11 Å². The molecule has 1 aliphatic carbocycles. The van der Waals surface area contributed by atoms with Crippen molar-refractivity contribution >= 4 is 18.5 Å². The van der Waals surface area contributed by atoms with Crippen LogP contribution in [0.3, 0.4) is 0 Å². The summed E-state index contributed by atoms with van der Waals surface area (Å²) in [5, 5.41) is 14.2. The number of nitrogens with one attached hydrogen (secondary N) is 2. The zero-order valence-electron chi connectivity index (χ0n) is 6.67. The average molecular weight is 193 g/mol. The lowest BCUT2D eigenvalue weighted by Gasteiger charge is -2.05. The van der Waals surface area contributed by atoms with Gasteiger partial charge in [0.1, 0.15) is 0 Å². The molecule has 3 N–H and O–H groups in total. The standard InChI is InChI=1S/C7H12N2O2.ClH/c10-6(11)9-5-3-7(5)1-2-8-4-7;/h5,8-9H,1-4H2,(H,10,11);1H. The Morgan fingerprint density at radius 2 is 2.42 bits per heavy atom. The highest BCUT2D eigenvalue weighted by Crippen LogP contribution is 2.50. The molecular formula is C7H13ClN2O2. The Kier molecular flexibility index (Phi) is 2.49. The third-order valence-electron chi connectivity index (χ3n) is 2.76. The number of amides is 1. The van der Waals surface area contributed by atoms with Crippen LogP contribution in [0.4, 0.5) is 4.79 Å². The van der Waals surface area contributed by atoms with E-state index < -0.39 is 6.09 Å². The topological polar surface area (TPSA) is 61.4 Å². The first-order valence-corrected chi connectivity index (χ1v) is 3.93. The maximum Gasteiger partial charge on any atom is 0.404 e. The molecule has 1 aliphatic heterocycles. The molecule has 2 unspecified atom stereocenters. The molecule has 0 radical (unpaired) electrons.